The highest BCUT2D eigenvalue weighted by molar-refractivity contribution is 9.10. The Morgan fingerprint density at radius 2 is 1.89 bits per heavy atom. The van der Waals surface area contributed by atoms with Gasteiger partial charge >= 0.3 is 0 Å². The SMILES string of the molecule is COc1cc(C)c(Br)cc1C(N)C1(C)CCCCC1. The fourth-order valence-corrected chi connectivity index (χ4v) is 3.50. The summed E-state index contributed by atoms with van der Waals surface area (Å²) in [6, 6.07) is 4.25. The molecule has 0 aliphatic heterocycles. The number of rotatable bonds is 3. The zero-order valence-corrected chi connectivity index (χ0v) is 13.7. The number of nitrogens with two attached hydrogens (primary N) is 1. The average Bonchev–Trinajstić information content (AvgIpc) is 2.41. The van der Waals surface area contributed by atoms with E-state index in [1.165, 1.54) is 37.7 Å². The maximum Gasteiger partial charge on any atom is 0.123 e. The normalized spacial score (nSPS) is 20.1. The van der Waals surface area contributed by atoms with E-state index in [2.05, 4.69) is 41.9 Å². The number of ether oxygens (including phenoxy) is 1. The van der Waals surface area contributed by atoms with E-state index >= 15 is 0 Å². The van der Waals surface area contributed by atoms with Crippen molar-refractivity contribution in [2.24, 2.45) is 11.1 Å². The molecule has 2 rings (SSSR count). The molecule has 1 atom stereocenters. The second-order valence-corrected chi connectivity index (χ2v) is 6.89. The van der Waals surface area contributed by atoms with Gasteiger partial charge in [0.15, 0.2) is 0 Å². The summed E-state index contributed by atoms with van der Waals surface area (Å²) in [5.41, 5.74) is 9.10. The van der Waals surface area contributed by atoms with Gasteiger partial charge in [-0.15, -0.1) is 0 Å². The van der Waals surface area contributed by atoms with Crippen molar-refractivity contribution in [2.75, 3.05) is 7.11 Å². The Morgan fingerprint density at radius 3 is 2.47 bits per heavy atom. The Morgan fingerprint density at radius 1 is 1.26 bits per heavy atom. The summed E-state index contributed by atoms with van der Waals surface area (Å²) >= 11 is 3.61. The first-order valence-corrected chi connectivity index (χ1v) is 7.87. The second-order valence-electron chi connectivity index (χ2n) is 6.04. The summed E-state index contributed by atoms with van der Waals surface area (Å²) in [4.78, 5) is 0. The van der Waals surface area contributed by atoms with Crippen LogP contribution in [0.5, 0.6) is 5.75 Å². The zero-order valence-electron chi connectivity index (χ0n) is 12.1. The van der Waals surface area contributed by atoms with Crippen molar-refractivity contribution in [3.05, 3.63) is 27.7 Å². The van der Waals surface area contributed by atoms with Gasteiger partial charge in [-0.05, 0) is 42.9 Å². The van der Waals surface area contributed by atoms with Crippen LogP contribution in [0, 0.1) is 12.3 Å². The van der Waals surface area contributed by atoms with Gasteiger partial charge in [0, 0.05) is 16.1 Å². The van der Waals surface area contributed by atoms with Crippen molar-refractivity contribution in [1.29, 1.82) is 0 Å². The van der Waals surface area contributed by atoms with Crippen molar-refractivity contribution in [3.8, 4) is 5.75 Å². The van der Waals surface area contributed by atoms with Gasteiger partial charge in [0.25, 0.3) is 0 Å². The Balaban J connectivity index is 2.37. The van der Waals surface area contributed by atoms with E-state index < -0.39 is 0 Å². The lowest BCUT2D eigenvalue weighted by atomic mass is 9.69. The van der Waals surface area contributed by atoms with E-state index in [0.717, 1.165) is 15.8 Å². The Kier molecular flexibility index (Phi) is 4.57. The lowest BCUT2D eigenvalue weighted by Gasteiger charge is -2.39. The summed E-state index contributed by atoms with van der Waals surface area (Å²) in [6.45, 7) is 4.40. The van der Waals surface area contributed by atoms with Crippen molar-refractivity contribution in [3.63, 3.8) is 0 Å². The highest BCUT2D eigenvalue weighted by Gasteiger charge is 2.35. The van der Waals surface area contributed by atoms with E-state index in [9.17, 15) is 0 Å². The van der Waals surface area contributed by atoms with Crippen LogP contribution in [0.1, 0.15) is 56.2 Å². The molecule has 1 aliphatic rings. The van der Waals surface area contributed by atoms with Gasteiger partial charge in [-0.25, -0.2) is 0 Å². The smallest absolute Gasteiger partial charge is 0.123 e. The van der Waals surface area contributed by atoms with Crippen LogP contribution in [0.3, 0.4) is 0 Å². The van der Waals surface area contributed by atoms with Crippen LogP contribution in [-0.2, 0) is 0 Å². The third-order valence-corrected chi connectivity index (χ3v) is 5.45. The first kappa shape index (κ1) is 14.9. The van der Waals surface area contributed by atoms with Crippen LogP contribution in [0.4, 0.5) is 0 Å². The van der Waals surface area contributed by atoms with Crippen LogP contribution < -0.4 is 10.5 Å². The molecule has 0 amide bonds. The van der Waals surface area contributed by atoms with Crippen molar-refractivity contribution in [2.45, 2.75) is 52.0 Å². The van der Waals surface area contributed by atoms with E-state index in [0.29, 0.717) is 0 Å². The van der Waals surface area contributed by atoms with E-state index in [4.69, 9.17) is 10.5 Å². The van der Waals surface area contributed by atoms with Crippen LogP contribution in [0.25, 0.3) is 0 Å². The summed E-state index contributed by atoms with van der Waals surface area (Å²) < 4.78 is 6.65. The Labute approximate surface area is 124 Å². The van der Waals surface area contributed by atoms with Gasteiger partial charge in [0.1, 0.15) is 5.75 Å². The van der Waals surface area contributed by atoms with Crippen molar-refractivity contribution < 1.29 is 4.74 Å². The maximum atomic E-state index is 6.60. The van der Waals surface area contributed by atoms with E-state index in [-0.39, 0.29) is 11.5 Å². The minimum Gasteiger partial charge on any atom is -0.496 e. The summed E-state index contributed by atoms with van der Waals surface area (Å²) in [7, 11) is 1.72. The predicted octanol–water partition coefficient (Wildman–Crippen LogP) is 4.74. The lowest BCUT2D eigenvalue weighted by molar-refractivity contribution is 0.168. The molecule has 1 unspecified atom stereocenters. The molecule has 2 N–H and O–H groups in total. The highest BCUT2D eigenvalue weighted by Crippen LogP contribution is 2.47. The minimum absolute atomic E-state index is 0.0413. The molecule has 0 heterocycles. The quantitative estimate of drug-likeness (QED) is 0.871. The van der Waals surface area contributed by atoms with Crippen LogP contribution in [0.15, 0.2) is 16.6 Å². The molecule has 106 valence electrons. The van der Waals surface area contributed by atoms with Gasteiger partial charge in [-0.1, -0.05) is 42.1 Å². The third-order valence-electron chi connectivity index (χ3n) is 4.59. The monoisotopic (exact) mass is 325 g/mol. The standard InChI is InChI=1S/C16H24BrNO/c1-11-9-14(19-3)12(10-13(11)17)15(18)16(2)7-5-4-6-8-16/h9-10,15H,4-8,18H2,1-3H3. The molecule has 1 saturated carbocycles. The molecule has 1 aliphatic carbocycles. The van der Waals surface area contributed by atoms with Gasteiger partial charge in [-0.2, -0.15) is 0 Å². The summed E-state index contributed by atoms with van der Waals surface area (Å²) in [5, 5.41) is 0. The largest absolute Gasteiger partial charge is 0.496 e. The van der Waals surface area contributed by atoms with Crippen molar-refractivity contribution >= 4 is 15.9 Å². The van der Waals surface area contributed by atoms with Gasteiger partial charge in [0.2, 0.25) is 0 Å². The molecular weight excluding hydrogens is 302 g/mol. The summed E-state index contributed by atoms with van der Waals surface area (Å²) in [5.74, 6) is 0.917. The fraction of sp³-hybridized carbons (Fsp3) is 0.625. The molecule has 3 heteroatoms. The van der Waals surface area contributed by atoms with E-state index in [1.54, 1.807) is 7.11 Å². The molecular formula is C16H24BrNO. The highest BCUT2D eigenvalue weighted by atomic mass is 79.9. The first-order valence-electron chi connectivity index (χ1n) is 7.07. The maximum absolute atomic E-state index is 6.60. The number of hydrogen-bond acceptors (Lipinski definition) is 2. The van der Waals surface area contributed by atoms with Gasteiger partial charge < -0.3 is 10.5 Å². The third kappa shape index (κ3) is 2.97. The summed E-state index contributed by atoms with van der Waals surface area (Å²) in [6.07, 6.45) is 6.35. The molecule has 19 heavy (non-hydrogen) atoms. The molecule has 0 spiro atoms. The first-order chi connectivity index (χ1) is 8.98. The molecule has 0 radical (unpaired) electrons. The minimum atomic E-state index is 0.0413. The number of hydrogen-bond donors (Lipinski definition) is 1. The molecule has 0 aromatic heterocycles. The van der Waals surface area contributed by atoms with Crippen molar-refractivity contribution in [1.82, 2.24) is 0 Å². The topological polar surface area (TPSA) is 35.2 Å². The molecule has 1 fully saturated rings. The van der Waals surface area contributed by atoms with Crippen LogP contribution in [0.2, 0.25) is 0 Å². The molecule has 2 nitrogen and oxygen atoms in total. The zero-order chi connectivity index (χ0) is 14.0. The number of methoxy groups -OCH3 is 1. The Hall–Kier alpha value is -0.540. The lowest BCUT2D eigenvalue weighted by Crippen LogP contribution is -2.34. The molecule has 1 aromatic carbocycles. The fourth-order valence-electron chi connectivity index (χ4n) is 3.14. The number of halogens is 1. The van der Waals surface area contributed by atoms with E-state index in [1.807, 2.05) is 0 Å². The molecule has 1 aromatic rings. The van der Waals surface area contributed by atoms with Gasteiger partial charge in [0.05, 0.1) is 7.11 Å². The predicted molar refractivity (Wildman–Crippen MR) is 83.6 cm³/mol. The number of benzene rings is 1. The average molecular weight is 326 g/mol. The van der Waals surface area contributed by atoms with Crippen LogP contribution in [-0.4, -0.2) is 7.11 Å². The number of aryl methyl sites for hydroxylation is 1. The Bertz CT molecular complexity index is 452. The molecule has 0 bridgehead atoms. The molecule has 0 saturated heterocycles. The van der Waals surface area contributed by atoms with Gasteiger partial charge in [-0.3, -0.25) is 0 Å². The van der Waals surface area contributed by atoms with Crippen LogP contribution >= 0.6 is 15.9 Å². The second kappa shape index (κ2) is 5.84.